The largest absolute Gasteiger partial charge is 0.460 e. The molecule has 0 spiro atoms. The molecule has 0 saturated carbocycles. The molecule has 0 amide bonds. The molecule has 0 radical (unpaired) electrons. The molecule has 2 heterocycles. The Morgan fingerprint density at radius 3 is 2.38 bits per heavy atom. The SMILES string of the molecule is Cl.Cl.Clc1cc(Cl)cc(-c2ccc(CNCCCN3CCOCC3)o2)c1. The van der Waals surface area contributed by atoms with E-state index in [1.807, 2.05) is 24.3 Å². The Hall–Kier alpha value is -0.460. The third-order valence-electron chi connectivity index (χ3n) is 4.04. The molecule has 1 aromatic carbocycles. The molecule has 4 nitrogen and oxygen atoms in total. The monoisotopic (exact) mass is 440 g/mol. The smallest absolute Gasteiger partial charge is 0.134 e. The number of hydrogen-bond donors (Lipinski definition) is 1. The summed E-state index contributed by atoms with van der Waals surface area (Å²) in [5.41, 5.74) is 0.895. The van der Waals surface area contributed by atoms with E-state index in [0.717, 1.165) is 69.4 Å². The Bertz CT molecular complexity index is 640. The van der Waals surface area contributed by atoms with Crippen molar-refractivity contribution >= 4 is 48.0 Å². The molecule has 1 N–H and O–H groups in total. The average Bonchev–Trinajstić information content (AvgIpc) is 3.04. The van der Waals surface area contributed by atoms with E-state index in [4.69, 9.17) is 32.4 Å². The first-order valence-corrected chi connectivity index (χ1v) is 9.02. The Morgan fingerprint density at radius 2 is 1.69 bits per heavy atom. The Morgan fingerprint density at radius 1 is 1.00 bits per heavy atom. The zero-order chi connectivity index (χ0) is 16.8. The predicted octanol–water partition coefficient (Wildman–Crippen LogP) is 4.91. The quantitative estimate of drug-likeness (QED) is 0.619. The second kappa shape index (κ2) is 12.1. The van der Waals surface area contributed by atoms with Gasteiger partial charge < -0.3 is 14.5 Å². The van der Waals surface area contributed by atoms with Crippen LogP contribution in [0, 0.1) is 0 Å². The molecule has 146 valence electrons. The highest BCUT2D eigenvalue weighted by atomic mass is 35.5. The van der Waals surface area contributed by atoms with Crippen molar-refractivity contribution < 1.29 is 9.15 Å². The maximum absolute atomic E-state index is 6.04. The minimum atomic E-state index is 0. The highest BCUT2D eigenvalue weighted by Crippen LogP contribution is 2.28. The van der Waals surface area contributed by atoms with Gasteiger partial charge in [-0.15, -0.1) is 24.8 Å². The Labute approximate surface area is 177 Å². The summed E-state index contributed by atoms with van der Waals surface area (Å²) in [4.78, 5) is 2.44. The van der Waals surface area contributed by atoms with E-state index in [1.165, 1.54) is 0 Å². The normalized spacial score (nSPS) is 14.5. The summed E-state index contributed by atoms with van der Waals surface area (Å²) in [6.07, 6.45) is 1.12. The molecule has 1 saturated heterocycles. The number of rotatable bonds is 7. The minimum absolute atomic E-state index is 0. The van der Waals surface area contributed by atoms with Gasteiger partial charge in [0.25, 0.3) is 0 Å². The van der Waals surface area contributed by atoms with Crippen molar-refractivity contribution in [3.05, 3.63) is 46.1 Å². The molecule has 0 unspecified atom stereocenters. The molecular formula is C18H24Cl4N2O2. The molecule has 0 atom stereocenters. The van der Waals surface area contributed by atoms with Crippen molar-refractivity contribution in [3.63, 3.8) is 0 Å². The minimum Gasteiger partial charge on any atom is -0.460 e. The fourth-order valence-corrected chi connectivity index (χ4v) is 3.31. The number of furan rings is 1. The lowest BCUT2D eigenvalue weighted by atomic mass is 10.2. The van der Waals surface area contributed by atoms with Crippen LogP contribution in [-0.2, 0) is 11.3 Å². The van der Waals surface area contributed by atoms with Crippen LogP contribution in [0.3, 0.4) is 0 Å². The van der Waals surface area contributed by atoms with Crippen LogP contribution < -0.4 is 5.32 Å². The first kappa shape index (κ1) is 23.6. The van der Waals surface area contributed by atoms with E-state index in [9.17, 15) is 0 Å². The van der Waals surface area contributed by atoms with Crippen molar-refractivity contribution in [2.75, 3.05) is 39.4 Å². The van der Waals surface area contributed by atoms with Crippen LogP contribution in [0.4, 0.5) is 0 Å². The highest BCUT2D eigenvalue weighted by molar-refractivity contribution is 6.35. The summed E-state index contributed by atoms with van der Waals surface area (Å²) in [6.45, 7) is 6.61. The van der Waals surface area contributed by atoms with Gasteiger partial charge in [-0.05, 0) is 49.8 Å². The molecule has 8 heteroatoms. The summed E-state index contributed by atoms with van der Waals surface area (Å²) in [7, 11) is 0. The molecule has 3 rings (SSSR count). The van der Waals surface area contributed by atoms with E-state index < -0.39 is 0 Å². The van der Waals surface area contributed by atoms with E-state index in [2.05, 4.69) is 10.2 Å². The maximum Gasteiger partial charge on any atom is 0.134 e. The molecule has 1 fully saturated rings. The summed E-state index contributed by atoms with van der Waals surface area (Å²) < 4.78 is 11.2. The molecule has 1 aromatic heterocycles. The van der Waals surface area contributed by atoms with Crippen molar-refractivity contribution in [1.29, 1.82) is 0 Å². The van der Waals surface area contributed by atoms with Gasteiger partial charge in [0, 0.05) is 28.7 Å². The lowest BCUT2D eigenvalue weighted by Crippen LogP contribution is -2.37. The number of morpholine rings is 1. The Balaban J connectivity index is 0.00000169. The average molecular weight is 442 g/mol. The molecule has 0 aliphatic carbocycles. The summed E-state index contributed by atoms with van der Waals surface area (Å²) >= 11 is 12.1. The Kier molecular flexibility index (Phi) is 11.0. The van der Waals surface area contributed by atoms with Crippen molar-refractivity contribution in [3.8, 4) is 11.3 Å². The second-order valence-corrected chi connectivity index (χ2v) is 6.78. The van der Waals surface area contributed by atoms with Gasteiger partial charge in [0.1, 0.15) is 11.5 Å². The first-order chi connectivity index (χ1) is 11.7. The lowest BCUT2D eigenvalue weighted by molar-refractivity contribution is 0.0374. The fraction of sp³-hybridized carbons (Fsp3) is 0.444. The lowest BCUT2D eigenvalue weighted by Gasteiger charge is -2.26. The zero-order valence-electron chi connectivity index (χ0n) is 14.4. The topological polar surface area (TPSA) is 37.6 Å². The number of halogens is 4. The highest BCUT2D eigenvalue weighted by Gasteiger charge is 2.09. The number of nitrogens with one attached hydrogen (secondary N) is 1. The van der Waals surface area contributed by atoms with Gasteiger partial charge in [-0.25, -0.2) is 0 Å². The second-order valence-electron chi connectivity index (χ2n) is 5.91. The van der Waals surface area contributed by atoms with Crippen molar-refractivity contribution in [2.45, 2.75) is 13.0 Å². The molecule has 1 aliphatic rings. The molecule has 2 aromatic rings. The van der Waals surface area contributed by atoms with Gasteiger partial charge in [0.15, 0.2) is 0 Å². The molecule has 26 heavy (non-hydrogen) atoms. The van der Waals surface area contributed by atoms with Gasteiger partial charge in [-0.3, -0.25) is 4.90 Å². The molecule has 1 aliphatic heterocycles. The van der Waals surface area contributed by atoms with Crippen LogP contribution in [0.25, 0.3) is 11.3 Å². The van der Waals surface area contributed by atoms with Crippen LogP contribution in [0.15, 0.2) is 34.7 Å². The fourth-order valence-electron chi connectivity index (χ4n) is 2.79. The number of hydrogen-bond acceptors (Lipinski definition) is 4. The van der Waals surface area contributed by atoms with Gasteiger partial charge in [0.2, 0.25) is 0 Å². The maximum atomic E-state index is 6.04. The van der Waals surface area contributed by atoms with E-state index in [0.29, 0.717) is 10.0 Å². The van der Waals surface area contributed by atoms with E-state index >= 15 is 0 Å². The van der Waals surface area contributed by atoms with Crippen molar-refractivity contribution in [1.82, 2.24) is 10.2 Å². The van der Waals surface area contributed by atoms with Gasteiger partial charge >= 0.3 is 0 Å². The number of nitrogens with zero attached hydrogens (tertiary/aromatic N) is 1. The van der Waals surface area contributed by atoms with Gasteiger partial charge in [-0.2, -0.15) is 0 Å². The first-order valence-electron chi connectivity index (χ1n) is 8.27. The van der Waals surface area contributed by atoms with Gasteiger partial charge in [-0.1, -0.05) is 23.2 Å². The van der Waals surface area contributed by atoms with Crippen LogP contribution in [0.2, 0.25) is 10.0 Å². The standard InChI is InChI=1S/C18H22Cl2N2O2.2ClH/c19-15-10-14(11-16(20)12-15)18-3-2-17(24-18)13-21-4-1-5-22-6-8-23-9-7-22;;/h2-3,10-12,21H,1,4-9,13H2;2*1H. The van der Waals surface area contributed by atoms with E-state index in [1.54, 1.807) is 6.07 Å². The summed E-state index contributed by atoms with van der Waals surface area (Å²) in [5.74, 6) is 1.69. The predicted molar refractivity (Wildman–Crippen MR) is 112 cm³/mol. The van der Waals surface area contributed by atoms with E-state index in [-0.39, 0.29) is 24.8 Å². The number of benzene rings is 1. The summed E-state index contributed by atoms with van der Waals surface area (Å²) in [6, 6.07) is 9.36. The molecule has 0 bridgehead atoms. The third kappa shape index (κ3) is 7.28. The molecular weight excluding hydrogens is 418 g/mol. The van der Waals surface area contributed by atoms with Crippen LogP contribution >= 0.6 is 48.0 Å². The summed E-state index contributed by atoms with van der Waals surface area (Å²) in [5, 5.41) is 4.64. The van der Waals surface area contributed by atoms with Crippen LogP contribution in [-0.4, -0.2) is 44.3 Å². The van der Waals surface area contributed by atoms with Crippen LogP contribution in [0.5, 0.6) is 0 Å². The van der Waals surface area contributed by atoms with Gasteiger partial charge in [0.05, 0.1) is 19.8 Å². The number of ether oxygens (including phenoxy) is 1. The van der Waals surface area contributed by atoms with Crippen molar-refractivity contribution in [2.24, 2.45) is 0 Å². The zero-order valence-corrected chi connectivity index (χ0v) is 17.5. The third-order valence-corrected chi connectivity index (χ3v) is 4.48. The van der Waals surface area contributed by atoms with Crippen LogP contribution in [0.1, 0.15) is 12.2 Å².